The molecule has 0 aliphatic carbocycles. The van der Waals surface area contributed by atoms with Crippen molar-refractivity contribution in [3.8, 4) is 5.75 Å². The minimum absolute atomic E-state index is 0.100. The predicted molar refractivity (Wildman–Crippen MR) is 158 cm³/mol. The van der Waals surface area contributed by atoms with Crippen molar-refractivity contribution in [3.05, 3.63) is 125 Å². The molecule has 1 aliphatic heterocycles. The zero-order valence-corrected chi connectivity index (χ0v) is 23.7. The summed E-state index contributed by atoms with van der Waals surface area (Å²) in [7, 11) is 0. The van der Waals surface area contributed by atoms with Crippen LogP contribution in [0.25, 0.3) is 5.76 Å². The van der Waals surface area contributed by atoms with Crippen molar-refractivity contribution in [1.82, 2.24) is 14.5 Å². The fourth-order valence-electron chi connectivity index (χ4n) is 5.16. The molecule has 1 amide bonds. The van der Waals surface area contributed by atoms with Gasteiger partial charge in [-0.2, -0.15) is 0 Å². The average Bonchev–Trinajstić information content (AvgIpc) is 3.59. The Morgan fingerprint density at radius 1 is 0.976 bits per heavy atom. The van der Waals surface area contributed by atoms with Gasteiger partial charge in [-0.1, -0.05) is 62.4 Å². The summed E-state index contributed by atoms with van der Waals surface area (Å²) in [5.74, 6) is -0.484. The summed E-state index contributed by atoms with van der Waals surface area (Å²) in [5, 5.41) is 11.4. The lowest BCUT2D eigenvalue weighted by Crippen LogP contribution is -2.31. The molecule has 7 nitrogen and oxygen atoms in total. The van der Waals surface area contributed by atoms with Crippen molar-refractivity contribution in [3.63, 3.8) is 0 Å². The molecule has 7 heteroatoms. The largest absolute Gasteiger partial charge is 0.507 e. The number of aliphatic hydroxyl groups is 1. The topological polar surface area (TPSA) is 84.7 Å². The van der Waals surface area contributed by atoms with Gasteiger partial charge in [0.05, 0.1) is 17.9 Å². The minimum atomic E-state index is -0.684. The molecule has 0 radical (unpaired) electrons. The second-order valence-corrected chi connectivity index (χ2v) is 10.7. The third-order valence-electron chi connectivity index (χ3n) is 7.62. The number of hydrogen-bond acceptors (Lipinski definition) is 5. The van der Waals surface area contributed by atoms with E-state index in [4.69, 9.17) is 4.74 Å². The molecule has 4 aromatic rings. The number of hydrogen-bond donors (Lipinski definition) is 1. The average molecular weight is 550 g/mol. The molecule has 1 fully saturated rings. The number of amides is 1. The molecule has 41 heavy (non-hydrogen) atoms. The number of aromatic nitrogens is 2. The number of rotatable bonds is 10. The number of Topliss-reactive ketones (excluding diaryl/α,β-unsaturated/α-hetero) is 1. The highest BCUT2D eigenvalue weighted by molar-refractivity contribution is 6.46. The van der Waals surface area contributed by atoms with E-state index in [9.17, 15) is 14.7 Å². The number of aryl methyl sites for hydroxylation is 2. The zero-order chi connectivity index (χ0) is 28.9. The lowest BCUT2D eigenvalue weighted by atomic mass is 9.93. The van der Waals surface area contributed by atoms with E-state index in [2.05, 4.69) is 18.8 Å². The van der Waals surface area contributed by atoms with E-state index in [-0.39, 0.29) is 11.3 Å². The van der Waals surface area contributed by atoms with Crippen LogP contribution < -0.4 is 4.74 Å². The highest BCUT2D eigenvalue weighted by Gasteiger charge is 2.45. The number of carbonyl (C=O) groups is 2. The van der Waals surface area contributed by atoms with Crippen LogP contribution in [0.4, 0.5) is 0 Å². The molecular weight excluding hydrogens is 514 g/mol. The van der Waals surface area contributed by atoms with Crippen molar-refractivity contribution in [2.45, 2.75) is 52.3 Å². The van der Waals surface area contributed by atoms with Crippen LogP contribution in [0.1, 0.15) is 60.0 Å². The summed E-state index contributed by atoms with van der Waals surface area (Å²) in [5.41, 5.74) is 4.74. The quantitative estimate of drug-likeness (QED) is 0.140. The van der Waals surface area contributed by atoms with E-state index >= 15 is 0 Å². The number of nitrogens with zero attached hydrogens (tertiary/aromatic N) is 3. The maximum atomic E-state index is 13.4. The molecule has 1 unspecified atom stereocenters. The first-order valence-electron chi connectivity index (χ1n) is 13.9. The first-order chi connectivity index (χ1) is 19.8. The van der Waals surface area contributed by atoms with Crippen LogP contribution in [-0.2, 0) is 22.7 Å². The van der Waals surface area contributed by atoms with Gasteiger partial charge in [-0.05, 0) is 65.8 Å². The van der Waals surface area contributed by atoms with Crippen LogP contribution in [0.5, 0.6) is 5.75 Å². The Hall–Kier alpha value is -4.65. The molecule has 0 spiro atoms. The maximum absolute atomic E-state index is 13.4. The lowest BCUT2D eigenvalue weighted by Gasteiger charge is -2.26. The SMILES string of the molecule is Cc1ccccc1COc1ccc(C(O)=C2C(=O)C(=O)N(CCCn3ccnc3)C2c2ccc(C(C)C)cc2)cc1. The number of ketones is 1. The van der Waals surface area contributed by atoms with Crippen LogP contribution in [0.15, 0.2) is 97.1 Å². The summed E-state index contributed by atoms with van der Waals surface area (Å²) in [4.78, 5) is 32.3. The molecule has 210 valence electrons. The molecular formula is C34H35N3O4. The minimum Gasteiger partial charge on any atom is -0.507 e. The van der Waals surface area contributed by atoms with Crippen LogP contribution in [0.3, 0.4) is 0 Å². The number of benzene rings is 3. The molecule has 0 bridgehead atoms. The second kappa shape index (κ2) is 12.3. The van der Waals surface area contributed by atoms with E-state index in [1.54, 1.807) is 41.7 Å². The summed E-state index contributed by atoms with van der Waals surface area (Å²) in [6, 6.07) is 22.3. The maximum Gasteiger partial charge on any atom is 0.295 e. The predicted octanol–water partition coefficient (Wildman–Crippen LogP) is 6.41. The van der Waals surface area contributed by atoms with Gasteiger partial charge in [-0.25, -0.2) is 4.98 Å². The van der Waals surface area contributed by atoms with E-state index in [0.717, 1.165) is 22.3 Å². The zero-order valence-electron chi connectivity index (χ0n) is 23.7. The number of carbonyl (C=O) groups excluding carboxylic acids is 2. The van der Waals surface area contributed by atoms with E-state index in [1.165, 1.54) is 0 Å². The number of ether oxygens (including phenoxy) is 1. The third kappa shape index (κ3) is 6.09. The number of imidazole rings is 1. The molecule has 3 aromatic carbocycles. The van der Waals surface area contributed by atoms with Crippen molar-refractivity contribution in [2.24, 2.45) is 0 Å². The fraction of sp³-hybridized carbons (Fsp3) is 0.265. The normalized spacial score (nSPS) is 16.5. The molecule has 1 saturated heterocycles. The molecule has 2 heterocycles. The van der Waals surface area contributed by atoms with Gasteiger partial charge in [-0.3, -0.25) is 9.59 Å². The Morgan fingerprint density at radius 2 is 1.71 bits per heavy atom. The van der Waals surface area contributed by atoms with Crippen molar-refractivity contribution in [2.75, 3.05) is 6.54 Å². The van der Waals surface area contributed by atoms with Crippen molar-refractivity contribution < 1.29 is 19.4 Å². The molecule has 1 N–H and O–H groups in total. The first kappa shape index (κ1) is 27.9. The van der Waals surface area contributed by atoms with Gasteiger partial charge in [0.25, 0.3) is 11.7 Å². The summed E-state index contributed by atoms with van der Waals surface area (Å²) in [6.07, 6.45) is 5.94. The Bertz CT molecular complexity index is 1540. The van der Waals surface area contributed by atoms with Crippen molar-refractivity contribution in [1.29, 1.82) is 0 Å². The monoisotopic (exact) mass is 549 g/mol. The van der Waals surface area contributed by atoms with Gasteiger partial charge in [0.15, 0.2) is 0 Å². The lowest BCUT2D eigenvalue weighted by molar-refractivity contribution is -0.139. The Kier molecular flexibility index (Phi) is 8.34. The van der Waals surface area contributed by atoms with Gasteiger partial charge in [0, 0.05) is 31.0 Å². The van der Waals surface area contributed by atoms with Gasteiger partial charge in [0.1, 0.15) is 18.1 Å². The van der Waals surface area contributed by atoms with E-state index in [0.29, 0.717) is 43.3 Å². The number of aliphatic hydroxyl groups excluding tert-OH is 1. The summed E-state index contributed by atoms with van der Waals surface area (Å²) in [6.45, 7) is 7.72. The van der Waals surface area contributed by atoms with Gasteiger partial charge in [-0.15, -0.1) is 0 Å². The Morgan fingerprint density at radius 3 is 2.37 bits per heavy atom. The summed E-state index contributed by atoms with van der Waals surface area (Å²) < 4.78 is 7.89. The van der Waals surface area contributed by atoms with Crippen molar-refractivity contribution >= 4 is 17.4 Å². The van der Waals surface area contributed by atoms with Crippen LogP contribution in [-0.4, -0.2) is 37.8 Å². The highest BCUT2D eigenvalue weighted by Crippen LogP contribution is 2.40. The van der Waals surface area contributed by atoms with Gasteiger partial charge >= 0.3 is 0 Å². The third-order valence-corrected chi connectivity index (χ3v) is 7.62. The Balaban J connectivity index is 1.43. The molecule has 5 rings (SSSR count). The molecule has 0 saturated carbocycles. The van der Waals surface area contributed by atoms with Gasteiger partial charge in [0.2, 0.25) is 0 Å². The standard InChI is InChI=1S/C34H35N3O4/c1-23(2)25-9-11-26(12-10-25)31-30(33(39)34(40)37(31)19-6-18-36-20-17-35-22-36)32(38)27-13-15-29(16-14-27)41-21-28-8-5-4-7-24(28)3/h4-5,7-17,20,22-23,31,38H,6,18-19,21H2,1-3H3. The first-order valence-corrected chi connectivity index (χ1v) is 13.9. The van der Waals surface area contributed by atoms with Crippen LogP contribution >= 0.6 is 0 Å². The molecule has 1 atom stereocenters. The number of likely N-dealkylation sites (tertiary alicyclic amines) is 1. The smallest absolute Gasteiger partial charge is 0.295 e. The Labute approximate surface area is 240 Å². The molecule has 1 aromatic heterocycles. The second-order valence-electron chi connectivity index (χ2n) is 10.7. The van der Waals surface area contributed by atoms with E-state index in [1.807, 2.05) is 66.2 Å². The highest BCUT2D eigenvalue weighted by atomic mass is 16.5. The summed E-state index contributed by atoms with van der Waals surface area (Å²) >= 11 is 0. The fourth-order valence-corrected chi connectivity index (χ4v) is 5.16. The van der Waals surface area contributed by atoms with Crippen LogP contribution in [0.2, 0.25) is 0 Å². The van der Waals surface area contributed by atoms with Gasteiger partial charge < -0.3 is 19.3 Å². The molecule has 1 aliphatic rings. The van der Waals surface area contributed by atoms with Crippen LogP contribution in [0, 0.1) is 6.92 Å². The van der Waals surface area contributed by atoms with E-state index < -0.39 is 17.7 Å².